The average molecular weight is 462 g/mol. The minimum absolute atomic E-state index is 0.568. The van der Waals surface area contributed by atoms with Gasteiger partial charge in [-0.2, -0.15) is 0 Å². The largest absolute Gasteiger partial charge is 0.520 e. The van der Waals surface area contributed by atoms with Crippen molar-refractivity contribution in [1.29, 1.82) is 0 Å². The van der Waals surface area contributed by atoms with Crippen molar-refractivity contribution < 1.29 is 17.1 Å². The Morgan fingerprint density at radius 1 is 0.556 bits per heavy atom. The van der Waals surface area contributed by atoms with Gasteiger partial charge in [0, 0.05) is 0 Å². The van der Waals surface area contributed by atoms with Gasteiger partial charge in [0.15, 0.2) is 0 Å². The van der Waals surface area contributed by atoms with Crippen molar-refractivity contribution >= 4 is 48.9 Å². The molecule has 0 N–H and O–H groups in total. The molecule has 9 heteroatoms. The number of para-hydroxylation sites is 2. The fraction of sp³-hybridized carbons (Fsp3) is 0.333. The van der Waals surface area contributed by atoms with Gasteiger partial charge in [-0.25, -0.2) is 0 Å². The predicted octanol–water partition coefficient (Wildman–Crippen LogP) is 6.59. The van der Waals surface area contributed by atoms with Gasteiger partial charge in [-0.3, -0.25) is 0 Å². The van der Waals surface area contributed by atoms with Crippen LogP contribution in [0.2, 0.25) is 49.3 Å². The molecule has 0 aliphatic carbocycles. The molecule has 0 heterocycles. The van der Waals surface area contributed by atoms with Gasteiger partial charge >= 0.3 is 25.7 Å². The second kappa shape index (κ2) is 8.69. The summed E-state index contributed by atoms with van der Waals surface area (Å²) in [5.41, 5.74) is 0. The molecule has 0 amide bonds. The molecule has 0 aliphatic heterocycles. The highest BCUT2D eigenvalue weighted by Gasteiger charge is 2.43. The third-order valence-corrected chi connectivity index (χ3v) is 13.3. The lowest BCUT2D eigenvalue weighted by Gasteiger charge is -2.37. The summed E-state index contributed by atoms with van der Waals surface area (Å²) < 4.78 is 25.0. The van der Waals surface area contributed by atoms with Gasteiger partial charge in [0.2, 0.25) is 0 Å². The SMILES string of the molecule is C[Si](C)(Oc1ccccc1Cl)O[Si](C)(C)O[Si](C)(C)Oc1ccccc1Cl. The number of benzene rings is 2. The summed E-state index contributed by atoms with van der Waals surface area (Å²) in [5.74, 6) is 1.26. The Morgan fingerprint density at radius 3 is 1.22 bits per heavy atom. The molecule has 2 aromatic rings. The van der Waals surface area contributed by atoms with E-state index in [4.69, 9.17) is 40.3 Å². The molecule has 0 spiro atoms. The topological polar surface area (TPSA) is 36.9 Å². The third kappa shape index (κ3) is 7.26. The van der Waals surface area contributed by atoms with Crippen LogP contribution in [0.3, 0.4) is 0 Å². The van der Waals surface area contributed by atoms with Crippen LogP contribution in [0, 0.1) is 0 Å². The smallest absolute Gasteiger partial charge is 0.383 e. The van der Waals surface area contributed by atoms with Crippen molar-refractivity contribution in [3.05, 3.63) is 58.6 Å². The van der Waals surface area contributed by atoms with Gasteiger partial charge in [0.25, 0.3) is 0 Å². The molecule has 2 rings (SSSR count). The molecule has 0 saturated carbocycles. The van der Waals surface area contributed by atoms with Crippen LogP contribution in [0.1, 0.15) is 0 Å². The monoisotopic (exact) mass is 460 g/mol. The van der Waals surface area contributed by atoms with E-state index in [1.165, 1.54) is 0 Å². The van der Waals surface area contributed by atoms with Crippen LogP contribution in [-0.4, -0.2) is 25.7 Å². The summed E-state index contributed by atoms with van der Waals surface area (Å²) in [5, 5.41) is 1.14. The Bertz CT molecular complexity index is 721. The van der Waals surface area contributed by atoms with E-state index in [-0.39, 0.29) is 0 Å². The summed E-state index contributed by atoms with van der Waals surface area (Å²) in [4.78, 5) is 0. The fourth-order valence-corrected chi connectivity index (χ4v) is 15.1. The van der Waals surface area contributed by atoms with Crippen molar-refractivity contribution in [2.45, 2.75) is 39.3 Å². The van der Waals surface area contributed by atoms with E-state index >= 15 is 0 Å². The Balaban J connectivity index is 2.06. The Labute approximate surface area is 175 Å². The summed E-state index contributed by atoms with van der Waals surface area (Å²) in [7, 11) is -7.57. The molecule has 0 aliphatic rings. The summed E-state index contributed by atoms with van der Waals surface area (Å²) in [6.45, 7) is 11.9. The molecule has 0 fully saturated rings. The Morgan fingerprint density at radius 2 is 0.889 bits per heavy atom. The molecule has 2 aromatic carbocycles. The van der Waals surface area contributed by atoms with Crippen LogP contribution in [0.15, 0.2) is 48.5 Å². The highest BCUT2D eigenvalue weighted by Crippen LogP contribution is 2.30. The highest BCUT2D eigenvalue weighted by molar-refractivity contribution is 6.84. The molecular formula is C18H26Cl2O4Si3. The zero-order chi connectivity index (χ0) is 20.3. The summed E-state index contributed by atoms with van der Waals surface area (Å²) >= 11 is 12.4. The van der Waals surface area contributed by atoms with E-state index in [1.807, 2.05) is 75.7 Å². The third-order valence-electron chi connectivity index (χ3n) is 3.37. The van der Waals surface area contributed by atoms with Gasteiger partial charge in [0.1, 0.15) is 11.5 Å². The average Bonchev–Trinajstić information content (AvgIpc) is 2.49. The van der Waals surface area contributed by atoms with Crippen molar-refractivity contribution in [3.63, 3.8) is 0 Å². The van der Waals surface area contributed by atoms with Crippen LogP contribution >= 0.6 is 23.2 Å². The van der Waals surface area contributed by atoms with Crippen LogP contribution < -0.4 is 8.85 Å². The number of hydrogen-bond donors (Lipinski definition) is 0. The van der Waals surface area contributed by atoms with Crippen LogP contribution in [0.25, 0.3) is 0 Å². The molecular weight excluding hydrogens is 435 g/mol. The number of hydrogen-bond acceptors (Lipinski definition) is 4. The zero-order valence-corrected chi connectivity index (χ0v) is 21.0. The number of rotatable bonds is 8. The van der Waals surface area contributed by atoms with Crippen LogP contribution in [0.4, 0.5) is 0 Å². The van der Waals surface area contributed by atoms with E-state index < -0.39 is 25.7 Å². The van der Waals surface area contributed by atoms with Gasteiger partial charge in [0.05, 0.1) is 10.0 Å². The molecule has 4 nitrogen and oxygen atoms in total. The number of halogens is 2. The lowest BCUT2D eigenvalue weighted by molar-refractivity contribution is 0.302. The van der Waals surface area contributed by atoms with Crippen molar-refractivity contribution in [3.8, 4) is 11.5 Å². The molecule has 0 aromatic heterocycles. The molecule has 27 heavy (non-hydrogen) atoms. The minimum Gasteiger partial charge on any atom is -0.520 e. The van der Waals surface area contributed by atoms with E-state index in [1.54, 1.807) is 12.1 Å². The van der Waals surface area contributed by atoms with Crippen LogP contribution in [-0.2, 0) is 8.23 Å². The standard InChI is InChI=1S/C18H26Cl2O4Si3/c1-25(2,21-17-13-9-7-11-15(17)19)23-27(5,6)24-26(3,4)22-18-14-10-8-12-16(18)20/h7-14H,1-6H3. The van der Waals surface area contributed by atoms with E-state index in [2.05, 4.69) is 0 Å². The fourth-order valence-electron chi connectivity index (χ4n) is 2.83. The normalized spacial score (nSPS) is 12.7. The maximum Gasteiger partial charge on any atom is 0.383 e. The molecule has 0 atom stereocenters. The first kappa shape index (κ1) is 22.5. The maximum atomic E-state index is 6.38. The Hall–Kier alpha value is -0.809. The van der Waals surface area contributed by atoms with Crippen LogP contribution in [0.5, 0.6) is 11.5 Å². The molecule has 148 valence electrons. The summed E-state index contributed by atoms with van der Waals surface area (Å²) in [6.07, 6.45) is 0. The zero-order valence-electron chi connectivity index (χ0n) is 16.5. The van der Waals surface area contributed by atoms with E-state index in [0.29, 0.717) is 21.5 Å². The van der Waals surface area contributed by atoms with E-state index in [0.717, 1.165) is 0 Å². The lowest BCUT2D eigenvalue weighted by Crippen LogP contribution is -2.56. The van der Waals surface area contributed by atoms with Gasteiger partial charge in [-0.15, -0.1) is 0 Å². The van der Waals surface area contributed by atoms with Crippen molar-refractivity contribution in [2.24, 2.45) is 0 Å². The molecule has 0 radical (unpaired) electrons. The van der Waals surface area contributed by atoms with Crippen molar-refractivity contribution in [2.75, 3.05) is 0 Å². The first-order valence-electron chi connectivity index (χ1n) is 8.67. The first-order chi connectivity index (χ1) is 12.4. The minimum atomic E-state index is -2.53. The maximum absolute atomic E-state index is 6.38. The predicted molar refractivity (Wildman–Crippen MR) is 119 cm³/mol. The quantitative estimate of drug-likeness (QED) is 0.416. The lowest BCUT2D eigenvalue weighted by atomic mass is 10.3. The molecule has 0 unspecified atom stereocenters. The van der Waals surface area contributed by atoms with E-state index in [9.17, 15) is 0 Å². The van der Waals surface area contributed by atoms with Crippen molar-refractivity contribution in [1.82, 2.24) is 0 Å². The van der Waals surface area contributed by atoms with Gasteiger partial charge in [-0.05, 0) is 63.5 Å². The molecule has 0 saturated heterocycles. The van der Waals surface area contributed by atoms with Gasteiger partial charge < -0.3 is 17.1 Å². The Kier molecular flexibility index (Phi) is 7.23. The second-order valence-corrected chi connectivity index (χ2v) is 18.7. The van der Waals surface area contributed by atoms with Gasteiger partial charge in [-0.1, -0.05) is 47.5 Å². The first-order valence-corrected chi connectivity index (χ1v) is 17.9. The summed E-state index contributed by atoms with van der Waals surface area (Å²) in [6, 6.07) is 14.8. The second-order valence-electron chi connectivity index (χ2n) is 7.47. The highest BCUT2D eigenvalue weighted by atomic mass is 35.5. The molecule has 0 bridgehead atoms.